The molecule has 0 aliphatic heterocycles. The van der Waals surface area contributed by atoms with E-state index in [2.05, 4.69) is 10.5 Å². The highest BCUT2D eigenvalue weighted by atomic mass is 16.5. The van der Waals surface area contributed by atoms with Crippen molar-refractivity contribution in [2.45, 2.75) is 13.8 Å². The van der Waals surface area contributed by atoms with Gasteiger partial charge in [-0.15, -0.1) is 0 Å². The van der Waals surface area contributed by atoms with E-state index in [1.165, 1.54) is 6.21 Å². The average Bonchev–Trinajstić information content (AvgIpc) is 2.47. The lowest BCUT2D eigenvalue weighted by molar-refractivity contribution is -0.123. The third-order valence-corrected chi connectivity index (χ3v) is 3.03. The molecular formula is C17H18N2O3. The average molecular weight is 298 g/mol. The molecule has 5 nitrogen and oxygen atoms in total. The van der Waals surface area contributed by atoms with E-state index < -0.39 is 0 Å². The summed E-state index contributed by atoms with van der Waals surface area (Å²) in [5, 5.41) is 13.1. The highest BCUT2D eigenvalue weighted by Gasteiger charge is 2.06. The van der Waals surface area contributed by atoms with Crippen molar-refractivity contribution in [1.82, 2.24) is 5.43 Å². The van der Waals surface area contributed by atoms with Crippen LogP contribution < -0.4 is 10.2 Å². The highest BCUT2D eigenvalue weighted by molar-refractivity contribution is 5.83. The lowest BCUT2D eigenvalue weighted by atomic mass is 10.1. The van der Waals surface area contributed by atoms with Crippen molar-refractivity contribution in [3.8, 4) is 11.5 Å². The molecule has 0 radical (unpaired) electrons. The second-order valence-electron chi connectivity index (χ2n) is 4.90. The van der Waals surface area contributed by atoms with E-state index in [-0.39, 0.29) is 18.3 Å². The van der Waals surface area contributed by atoms with Crippen LogP contribution >= 0.6 is 0 Å². The lowest BCUT2D eigenvalue weighted by Crippen LogP contribution is -2.25. The van der Waals surface area contributed by atoms with E-state index in [1.54, 1.807) is 24.3 Å². The fourth-order valence-corrected chi connectivity index (χ4v) is 1.98. The van der Waals surface area contributed by atoms with Crippen LogP contribution in [-0.4, -0.2) is 23.8 Å². The maximum Gasteiger partial charge on any atom is 0.277 e. The van der Waals surface area contributed by atoms with E-state index in [0.717, 1.165) is 16.9 Å². The number of phenolic OH excluding ortho intramolecular Hbond substituents is 1. The molecular weight excluding hydrogens is 280 g/mol. The summed E-state index contributed by atoms with van der Waals surface area (Å²) in [6, 6.07) is 12.4. The molecule has 0 saturated carbocycles. The normalized spacial score (nSPS) is 10.6. The van der Waals surface area contributed by atoms with Gasteiger partial charge in [0.25, 0.3) is 5.91 Å². The van der Waals surface area contributed by atoms with Crippen molar-refractivity contribution < 1.29 is 14.6 Å². The lowest BCUT2D eigenvalue weighted by Gasteiger charge is -2.10. The quantitative estimate of drug-likeness (QED) is 0.658. The van der Waals surface area contributed by atoms with Crippen molar-refractivity contribution in [3.63, 3.8) is 0 Å². The van der Waals surface area contributed by atoms with Crippen LogP contribution in [0.5, 0.6) is 11.5 Å². The Bertz CT molecular complexity index is 676. The molecule has 114 valence electrons. The smallest absolute Gasteiger partial charge is 0.277 e. The molecule has 0 bridgehead atoms. The van der Waals surface area contributed by atoms with Gasteiger partial charge in [-0.05, 0) is 42.7 Å². The third-order valence-electron chi connectivity index (χ3n) is 3.03. The summed E-state index contributed by atoms with van der Waals surface area (Å²) in [6.45, 7) is 3.75. The molecule has 5 heteroatoms. The Kier molecular flexibility index (Phi) is 5.14. The van der Waals surface area contributed by atoms with E-state index in [0.29, 0.717) is 5.56 Å². The van der Waals surface area contributed by atoms with Crippen molar-refractivity contribution in [2.24, 2.45) is 5.10 Å². The van der Waals surface area contributed by atoms with Crippen LogP contribution in [0.3, 0.4) is 0 Å². The molecule has 0 spiro atoms. The Morgan fingerprint density at radius 1 is 1.23 bits per heavy atom. The number of carbonyl (C=O) groups is 1. The number of phenols is 1. The molecule has 0 aliphatic rings. The van der Waals surface area contributed by atoms with Gasteiger partial charge < -0.3 is 9.84 Å². The minimum absolute atomic E-state index is 0.108. The molecule has 2 N–H and O–H groups in total. The van der Waals surface area contributed by atoms with Gasteiger partial charge in [0.1, 0.15) is 11.5 Å². The van der Waals surface area contributed by atoms with Crippen LogP contribution in [0.1, 0.15) is 16.7 Å². The summed E-state index contributed by atoms with van der Waals surface area (Å²) >= 11 is 0. The first-order chi connectivity index (χ1) is 10.6. The zero-order valence-electron chi connectivity index (χ0n) is 12.5. The maximum atomic E-state index is 11.7. The third kappa shape index (κ3) is 4.34. The molecule has 2 aromatic carbocycles. The van der Waals surface area contributed by atoms with Crippen molar-refractivity contribution in [3.05, 3.63) is 59.2 Å². The predicted octanol–water partition coefficient (Wildman–Crippen LogP) is 2.54. The van der Waals surface area contributed by atoms with Crippen LogP contribution in [-0.2, 0) is 4.79 Å². The number of aryl methyl sites for hydroxylation is 2. The molecule has 0 atom stereocenters. The number of nitrogens with one attached hydrogen (secondary N) is 1. The van der Waals surface area contributed by atoms with Crippen LogP contribution in [0.4, 0.5) is 0 Å². The number of aromatic hydroxyl groups is 1. The summed E-state index contributed by atoms with van der Waals surface area (Å²) in [4.78, 5) is 11.7. The maximum absolute atomic E-state index is 11.7. The highest BCUT2D eigenvalue weighted by Crippen LogP contribution is 2.21. The topological polar surface area (TPSA) is 70.9 Å². The number of rotatable bonds is 5. The minimum atomic E-state index is -0.348. The molecule has 0 heterocycles. The largest absolute Gasteiger partial charge is 0.508 e. The van der Waals surface area contributed by atoms with Gasteiger partial charge in [0.2, 0.25) is 0 Å². The fraction of sp³-hybridized carbons (Fsp3) is 0.176. The number of nitrogens with zero attached hydrogens (tertiary/aromatic N) is 1. The van der Waals surface area contributed by atoms with Gasteiger partial charge in [-0.1, -0.05) is 30.3 Å². The SMILES string of the molecule is Cc1cccc(C)c1OCC(=O)NN=Cc1cccc(O)c1. The second kappa shape index (κ2) is 7.26. The van der Waals surface area contributed by atoms with Crippen LogP contribution in [0.2, 0.25) is 0 Å². The fourth-order valence-electron chi connectivity index (χ4n) is 1.98. The van der Waals surface area contributed by atoms with Crippen LogP contribution in [0.15, 0.2) is 47.6 Å². The summed E-state index contributed by atoms with van der Waals surface area (Å²) in [5.74, 6) is 0.516. The first-order valence-corrected chi connectivity index (χ1v) is 6.86. The van der Waals surface area contributed by atoms with Gasteiger partial charge >= 0.3 is 0 Å². The summed E-state index contributed by atoms with van der Waals surface area (Å²) in [6.07, 6.45) is 1.45. The number of benzene rings is 2. The Hall–Kier alpha value is -2.82. The molecule has 0 saturated heterocycles. The molecule has 0 aliphatic carbocycles. The van der Waals surface area contributed by atoms with Crippen molar-refractivity contribution >= 4 is 12.1 Å². The van der Waals surface area contributed by atoms with E-state index in [4.69, 9.17) is 4.74 Å². The first-order valence-electron chi connectivity index (χ1n) is 6.86. The summed E-state index contributed by atoms with van der Waals surface area (Å²) < 4.78 is 5.53. The Morgan fingerprint density at radius 2 is 1.91 bits per heavy atom. The molecule has 0 unspecified atom stereocenters. The molecule has 0 aromatic heterocycles. The zero-order chi connectivity index (χ0) is 15.9. The van der Waals surface area contributed by atoms with E-state index in [1.807, 2.05) is 32.0 Å². The minimum Gasteiger partial charge on any atom is -0.508 e. The van der Waals surface area contributed by atoms with E-state index >= 15 is 0 Å². The summed E-state index contributed by atoms with van der Waals surface area (Å²) in [5.41, 5.74) is 5.04. The molecule has 2 rings (SSSR count). The number of amides is 1. The number of para-hydroxylation sites is 1. The van der Waals surface area contributed by atoms with Gasteiger partial charge in [0.15, 0.2) is 6.61 Å². The standard InChI is InChI=1S/C17H18N2O3/c1-12-5-3-6-13(2)17(12)22-11-16(21)19-18-10-14-7-4-8-15(20)9-14/h3-10,20H,11H2,1-2H3,(H,19,21). The number of hydrogen-bond donors (Lipinski definition) is 2. The number of hydrazone groups is 1. The molecule has 1 amide bonds. The monoisotopic (exact) mass is 298 g/mol. The Labute approximate surface area is 129 Å². The first kappa shape index (κ1) is 15.6. The summed E-state index contributed by atoms with van der Waals surface area (Å²) in [7, 11) is 0. The Balaban J connectivity index is 1.86. The number of carbonyl (C=O) groups excluding carboxylic acids is 1. The van der Waals surface area contributed by atoms with Gasteiger partial charge in [-0.2, -0.15) is 5.10 Å². The molecule has 0 fully saturated rings. The van der Waals surface area contributed by atoms with E-state index in [9.17, 15) is 9.90 Å². The molecule has 2 aromatic rings. The van der Waals surface area contributed by atoms with Gasteiger partial charge in [-0.25, -0.2) is 5.43 Å². The van der Waals surface area contributed by atoms with Crippen LogP contribution in [0, 0.1) is 13.8 Å². The van der Waals surface area contributed by atoms with Gasteiger partial charge in [-0.3, -0.25) is 4.79 Å². The van der Waals surface area contributed by atoms with Gasteiger partial charge in [0.05, 0.1) is 6.21 Å². The molecule has 22 heavy (non-hydrogen) atoms. The predicted molar refractivity (Wildman–Crippen MR) is 85.3 cm³/mol. The van der Waals surface area contributed by atoms with Gasteiger partial charge in [0, 0.05) is 0 Å². The number of hydrogen-bond acceptors (Lipinski definition) is 4. The van der Waals surface area contributed by atoms with Crippen molar-refractivity contribution in [2.75, 3.05) is 6.61 Å². The number of ether oxygens (including phenoxy) is 1. The zero-order valence-corrected chi connectivity index (χ0v) is 12.5. The van der Waals surface area contributed by atoms with Crippen LogP contribution in [0.25, 0.3) is 0 Å². The Morgan fingerprint density at radius 3 is 2.59 bits per heavy atom. The second-order valence-corrected chi connectivity index (χ2v) is 4.90. The van der Waals surface area contributed by atoms with Crippen molar-refractivity contribution in [1.29, 1.82) is 0 Å².